The Bertz CT molecular complexity index is 628. The van der Waals surface area contributed by atoms with E-state index in [0.29, 0.717) is 25.0 Å². The Kier molecular flexibility index (Phi) is 6.46. The molecule has 3 amide bonds. The number of hydrogen-bond donors (Lipinski definition) is 2. The summed E-state index contributed by atoms with van der Waals surface area (Å²) < 4.78 is 22.9. The van der Waals surface area contributed by atoms with Gasteiger partial charge in [-0.25, -0.2) is 9.18 Å². The van der Waals surface area contributed by atoms with Gasteiger partial charge in [0.05, 0.1) is 12.0 Å². The van der Waals surface area contributed by atoms with Gasteiger partial charge in [0, 0.05) is 13.7 Å². The molecule has 2 rings (SSSR count). The highest BCUT2D eigenvalue weighted by Gasteiger charge is 2.47. The second-order valence-electron chi connectivity index (χ2n) is 5.82. The lowest BCUT2D eigenvalue weighted by atomic mass is 9.64. The molecule has 0 saturated heterocycles. The van der Waals surface area contributed by atoms with Crippen molar-refractivity contribution in [1.82, 2.24) is 10.6 Å². The lowest BCUT2D eigenvalue weighted by Crippen LogP contribution is -2.46. The van der Waals surface area contributed by atoms with E-state index in [1.807, 2.05) is 0 Å². The lowest BCUT2D eigenvalue weighted by Gasteiger charge is -2.39. The number of methoxy groups -OCH3 is 1. The van der Waals surface area contributed by atoms with Gasteiger partial charge in [-0.2, -0.15) is 0 Å². The van der Waals surface area contributed by atoms with Crippen LogP contribution in [-0.2, 0) is 24.5 Å². The molecule has 1 saturated carbocycles. The van der Waals surface area contributed by atoms with E-state index in [-0.39, 0.29) is 12.4 Å². The standard InChI is InChI=1S/C17H21FN2O5/c1-24-10-9-19-16(23)20-14(21)11-25-15(22)17(7-2-8-17)12-3-5-13(18)6-4-12/h3-6H,2,7-11H2,1H3,(H2,19,20,21,23). The first kappa shape index (κ1) is 18.9. The van der Waals surface area contributed by atoms with Crippen LogP contribution in [-0.4, -0.2) is 44.8 Å². The predicted molar refractivity (Wildman–Crippen MR) is 86.3 cm³/mol. The fourth-order valence-corrected chi connectivity index (χ4v) is 2.65. The van der Waals surface area contributed by atoms with Gasteiger partial charge in [0.15, 0.2) is 6.61 Å². The van der Waals surface area contributed by atoms with Gasteiger partial charge >= 0.3 is 12.0 Å². The van der Waals surface area contributed by atoms with E-state index >= 15 is 0 Å². The van der Waals surface area contributed by atoms with Gasteiger partial charge in [0.25, 0.3) is 5.91 Å². The predicted octanol–water partition coefficient (Wildman–Crippen LogP) is 1.26. The molecule has 0 heterocycles. The molecular weight excluding hydrogens is 331 g/mol. The normalized spacial score (nSPS) is 15.0. The van der Waals surface area contributed by atoms with Crippen LogP contribution in [0.15, 0.2) is 24.3 Å². The molecule has 136 valence electrons. The summed E-state index contributed by atoms with van der Waals surface area (Å²) in [6.45, 7) is 0.0132. The van der Waals surface area contributed by atoms with Crippen LogP contribution in [0.25, 0.3) is 0 Å². The number of carbonyl (C=O) groups excluding carboxylic acids is 3. The first-order valence-electron chi connectivity index (χ1n) is 7.98. The second kappa shape index (κ2) is 8.57. The maximum atomic E-state index is 13.1. The molecule has 1 aliphatic rings. The minimum Gasteiger partial charge on any atom is -0.455 e. The van der Waals surface area contributed by atoms with Crippen LogP contribution in [0.3, 0.4) is 0 Å². The number of urea groups is 1. The summed E-state index contributed by atoms with van der Waals surface area (Å²) in [5.41, 5.74) is -0.169. The third-order valence-corrected chi connectivity index (χ3v) is 4.17. The molecule has 8 heteroatoms. The monoisotopic (exact) mass is 352 g/mol. The Morgan fingerprint density at radius 3 is 2.44 bits per heavy atom. The molecular formula is C17H21FN2O5. The van der Waals surface area contributed by atoms with Crippen molar-refractivity contribution in [1.29, 1.82) is 0 Å². The summed E-state index contributed by atoms with van der Waals surface area (Å²) in [7, 11) is 1.49. The lowest BCUT2D eigenvalue weighted by molar-refractivity contribution is -0.157. The highest BCUT2D eigenvalue weighted by atomic mass is 19.1. The number of benzene rings is 1. The number of esters is 1. The summed E-state index contributed by atoms with van der Waals surface area (Å²) in [5.74, 6) is -1.65. The number of imide groups is 1. The topological polar surface area (TPSA) is 93.7 Å². The van der Waals surface area contributed by atoms with Crippen LogP contribution in [0.1, 0.15) is 24.8 Å². The van der Waals surface area contributed by atoms with Crippen LogP contribution in [0.4, 0.5) is 9.18 Å². The highest BCUT2D eigenvalue weighted by molar-refractivity contribution is 5.96. The van der Waals surface area contributed by atoms with Gasteiger partial charge in [0.1, 0.15) is 5.82 Å². The van der Waals surface area contributed by atoms with Gasteiger partial charge in [-0.1, -0.05) is 18.6 Å². The van der Waals surface area contributed by atoms with E-state index in [0.717, 1.165) is 6.42 Å². The van der Waals surface area contributed by atoms with Crippen molar-refractivity contribution in [2.45, 2.75) is 24.7 Å². The largest absolute Gasteiger partial charge is 0.455 e. The summed E-state index contributed by atoms with van der Waals surface area (Å²) in [6.07, 6.45) is 2.01. The number of ether oxygens (including phenoxy) is 2. The third kappa shape index (κ3) is 4.76. The molecule has 7 nitrogen and oxygen atoms in total. The summed E-state index contributed by atoms with van der Waals surface area (Å²) >= 11 is 0. The first-order chi connectivity index (χ1) is 12.0. The van der Waals surface area contributed by atoms with Crippen molar-refractivity contribution >= 4 is 17.9 Å². The van der Waals surface area contributed by atoms with E-state index in [9.17, 15) is 18.8 Å². The molecule has 0 atom stereocenters. The Labute approximate surface area is 144 Å². The molecule has 0 radical (unpaired) electrons. The molecule has 0 aromatic heterocycles. The minimum atomic E-state index is -0.839. The van der Waals surface area contributed by atoms with Crippen LogP contribution in [0, 0.1) is 5.82 Å². The maximum absolute atomic E-state index is 13.1. The van der Waals surface area contributed by atoms with Gasteiger partial charge in [0.2, 0.25) is 0 Å². The van der Waals surface area contributed by atoms with E-state index in [1.54, 1.807) is 12.1 Å². The van der Waals surface area contributed by atoms with Gasteiger partial charge in [-0.05, 0) is 30.5 Å². The third-order valence-electron chi connectivity index (χ3n) is 4.17. The quantitative estimate of drug-likeness (QED) is 0.569. The van der Waals surface area contributed by atoms with Crippen molar-refractivity contribution in [3.05, 3.63) is 35.6 Å². The molecule has 0 aliphatic heterocycles. The average Bonchev–Trinajstić information content (AvgIpc) is 2.54. The van der Waals surface area contributed by atoms with Crippen LogP contribution < -0.4 is 10.6 Å². The van der Waals surface area contributed by atoms with Crippen molar-refractivity contribution in [2.75, 3.05) is 26.9 Å². The Morgan fingerprint density at radius 1 is 1.20 bits per heavy atom. The number of carbonyl (C=O) groups is 3. The molecule has 1 aromatic carbocycles. The number of amides is 3. The van der Waals surface area contributed by atoms with Crippen molar-refractivity contribution in [2.24, 2.45) is 0 Å². The molecule has 1 aromatic rings. The molecule has 0 bridgehead atoms. The van der Waals surface area contributed by atoms with E-state index in [4.69, 9.17) is 9.47 Å². The number of halogens is 1. The number of nitrogens with one attached hydrogen (secondary N) is 2. The zero-order valence-electron chi connectivity index (χ0n) is 14.0. The van der Waals surface area contributed by atoms with E-state index < -0.39 is 29.9 Å². The molecule has 1 fully saturated rings. The zero-order chi connectivity index (χ0) is 18.3. The van der Waals surface area contributed by atoms with Crippen molar-refractivity contribution in [3.63, 3.8) is 0 Å². The van der Waals surface area contributed by atoms with Gasteiger partial charge in [-0.3, -0.25) is 14.9 Å². The fourth-order valence-electron chi connectivity index (χ4n) is 2.65. The molecule has 0 unspecified atom stereocenters. The zero-order valence-corrected chi connectivity index (χ0v) is 14.0. The van der Waals surface area contributed by atoms with Gasteiger partial charge < -0.3 is 14.8 Å². The first-order valence-corrected chi connectivity index (χ1v) is 7.98. The SMILES string of the molecule is COCCNC(=O)NC(=O)COC(=O)C1(c2ccc(F)cc2)CCC1. The minimum absolute atomic E-state index is 0.253. The Morgan fingerprint density at radius 2 is 1.88 bits per heavy atom. The second-order valence-corrected chi connectivity index (χ2v) is 5.82. The molecule has 1 aliphatic carbocycles. The highest BCUT2D eigenvalue weighted by Crippen LogP contribution is 2.44. The fraction of sp³-hybridized carbons (Fsp3) is 0.471. The maximum Gasteiger partial charge on any atom is 0.321 e. The number of rotatable bonds is 7. The summed E-state index contributed by atoms with van der Waals surface area (Å²) in [6, 6.07) is 5.01. The van der Waals surface area contributed by atoms with Crippen LogP contribution >= 0.6 is 0 Å². The molecule has 2 N–H and O–H groups in total. The van der Waals surface area contributed by atoms with Crippen molar-refractivity contribution in [3.8, 4) is 0 Å². The van der Waals surface area contributed by atoms with Crippen LogP contribution in [0.2, 0.25) is 0 Å². The smallest absolute Gasteiger partial charge is 0.321 e. The van der Waals surface area contributed by atoms with Crippen LogP contribution in [0.5, 0.6) is 0 Å². The van der Waals surface area contributed by atoms with E-state index in [1.165, 1.54) is 19.2 Å². The van der Waals surface area contributed by atoms with E-state index in [2.05, 4.69) is 10.6 Å². The molecule has 25 heavy (non-hydrogen) atoms. The average molecular weight is 352 g/mol. The Hall–Kier alpha value is -2.48. The molecule has 0 spiro atoms. The summed E-state index contributed by atoms with van der Waals surface area (Å²) in [5, 5.41) is 4.47. The summed E-state index contributed by atoms with van der Waals surface area (Å²) in [4.78, 5) is 35.5. The Balaban J connectivity index is 1.85. The number of hydrogen-bond acceptors (Lipinski definition) is 5. The van der Waals surface area contributed by atoms with Crippen molar-refractivity contribution < 1.29 is 28.2 Å². The van der Waals surface area contributed by atoms with Gasteiger partial charge in [-0.15, -0.1) is 0 Å².